The van der Waals surface area contributed by atoms with Crippen molar-refractivity contribution in [3.05, 3.63) is 520 Å². The summed E-state index contributed by atoms with van der Waals surface area (Å²) >= 11 is 0. The number of nitriles is 3. The van der Waals surface area contributed by atoms with Crippen LogP contribution >= 0.6 is 0 Å². The number of benzene rings is 19. The highest BCUT2D eigenvalue weighted by Gasteiger charge is 2.44. The molecule has 0 fully saturated rings. The number of hydrogen-bond donors (Lipinski definition) is 0. The van der Waals surface area contributed by atoms with Gasteiger partial charge in [-0.15, -0.1) is 0 Å². The van der Waals surface area contributed by atoms with E-state index >= 15 is 0 Å². The van der Waals surface area contributed by atoms with Crippen molar-refractivity contribution in [3.63, 3.8) is 0 Å². The number of amides is 6. The molecule has 0 aliphatic carbocycles. The normalized spacial score (nSPS) is 12.2. The van der Waals surface area contributed by atoms with E-state index in [0.29, 0.717) is 140 Å². The highest BCUT2D eigenvalue weighted by atomic mass is 16.2. The van der Waals surface area contributed by atoms with Crippen molar-refractivity contribution >= 4 is 146 Å². The summed E-state index contributed by atoms with van der Waals surface area (Å²) in [5.74, 6) is -2.46. The molecule has 22 aromatic rings. The topological polar surface area (TPSA) is 220 Å². The van der Waals surface area contributed by atoms with Crippen LogP contribution < -0.4 is 14.7 Å². The first-order valence-corrected chi connectivity index (χ1v) is 46.9. The van der Waals surface area contributed by atoms with Gasteiger partial charge in [-0.3, -0.25) is 28.8 Å². The molecule has 0 saturated heterocycles. The fourth-order valence-electron chi connectivity index (χ4n) is 20.7. The van der Waals surface area contributed by atoms with Crippen LogP contribution in [0.5, 0.6) is 0 Å². The van der Waals surface area contributed by atoms with Crippen LogP contribution in [0, 0.1) is 66.9 Å². The minimum atomic E-state index is -0.489. The predicted molar refractivity (Wildman–Crippen MR) is 579 cm³/mol. The predicted octanol–water partition coefficient (Wildman–Crippen LogP) is 30.8. The van der Waals surface area contributed by atoms with E-state index in [0.717, 1.165) is 98.9 Å². The monoisotopic (exact) mass is 1900 g/mol. The van der Waals surface area contributed by atoms with E-state index in [1.54, 1.807) is 127 Å². The molecular formula is C128H68N14O6. The molecule has 0 spiro atoms. The molecule has 0 unspecified atom stereocenters. The molecule has 0 atom stereocenters. The van der Waals surface area contributed by atoms with Gasteiger partial charge in [-0.25, -0.2) is 38.9 Å². The van der Waals surface area contributed by atoms with Crippen LogP contribution in [-0.2, 0) is 0 Å². The molecular weight excluding hydrogens is 1830 g/mol. The Bertz CT molecular complexity index is 9780. The molecule has 20 nitrogen and oxygen atoms in total. The molecule has 20 heteroatoms. The van der Waals surface area contributed by atoms with E-state index in [9.17, 15) is 44.6 Å². The summed E-state index contributed by atoms with van der Waals surface area (Å²) in [6.07, 6.45) is 0. The van der Waals surface area contributed by atoms with Gasteiger partial charge in [-0.2, -0.15) is 15.8 Å². The Morgan fingerprint density at radius 2 is 0.527 bits per heavy atom. The zero-order valence-electron chi connectivity index (χ0n) is 78.0. The zero-order chi connectivity index (χ0) is 101. The first-order valence-electron chi connectivity index (χ1n) is 46.9. The summed E-state index contributed by atoms with van der Waals surface area (Å²) in [5.41, 5.74) is 24.0. The van der Waals surface area contributed by atoms with Crippen molar-refractivity contribution in [3.8, 4) is 113 Å². The first-order chi connectivity index (χ1) is 72.6. The fourth-order valence-corrected chi connectivity index (χ4v) is 20.7. The lowest BCUT2D eigenvalue weighted by atomic mass is 9.96. The molecule has 148 heavy (non-hydrogen) atoms. The largest absolute Gasteiger partial charge is 0.308 e. The summed E-state index contributed by atoms with van der Waals surface area (Å²) < 4.78 is 6.01. The lowest BCUT2D eigenvalue weighted by Crippen LogP contribution is -2.29. The first kappa shape index (κ1) is 89.8. The van der Waals surface area contributed by atoms with Crippen molar-refractivity contribution in [1.29, 1.82) is 15.8 Å². The van der Waals surface area contributed by atoms with Gasteiger partial charge in [-0.1, -0.05) is 303 Å². The van der Waals surface area contributed by atoms with Crippen LogP contribution in [0.25, 0.3) is 185 Å². The van der Waals surface area contributed by atoms with Crippen molar-refractivity contribution in [2.24, 2.45) is 0 Å². The van der Waals surface area contributed by atoms with Crippen LogP contribution in [0.15, 0.2) is 413 Å². The van der Waals surface area contributed by atoms with Crippen LogP contribution in [0.3, 0.4) is 0 Å². The van der Waals surface area contributed by atoms with Crippen molar-refractivity contribution in [2.45, 2.75) is 0 Å². The van der Waals surface area contributed by atoms with Gasteiger partial charge in [0, 0.05) is 49.0 Å². The number of imide groups is 3. The Kier molecular flexibility index (Phi) is 22.4. The van der Waals surface area contributed by atoms with Gasteiger partial charge >= 0.3 is 0 Å². The van der Waals surface area contributed by atoms with E-state index in [1.807, 2.05) is 299 Å². The van der Waals surface area contributed by atoms with Gasteiger partial charge in [0.1, 0.15) is 0 Å². The summed E-state index contributed by atoms with van der Waals surface area (Å²) in [6, 6.07) is 134. The number of nitrogens with zero attached hydrogens (tertiary/aromatic N) is 14. The second-order valence-corrected chi connectivity index (χ2v) is 35.3. The second kappa shape index (κ2) is 36.9. The Morgan fingerprint density at radius 3 is 0.946 bits per heavy atom. The molecule has 19 aromatic carbocycles. The number of aromatic nitrogens is 3. The number of hydrogen-bond acceptors (Lipinski definition) is 9. The minimum absolute atomic E-state index is 0.210. The molecule has 0 bridgehead atoms. The summed E-state index contributed by atoms with van der Waals surface area (Å²) in [7, 11) is 0. The van der Waals surface area contributed by atoms with Gasteiger partial charge in [0.05, 0.1) is 163 Å². The smallest absolute Gasteiger partial charge is 0.268 e. The highest BCUT2D eigenvalue weighted by Crippen LogP contribution is 2.51. The van der Waals surface area contributed by atoms with Gasteiger partial charge in [0.25, 0.3) is 35.4 Å². The number of carbonyl (C=O) groups excluding carboxylic acids is 6. The van der Waals surface area contributed by atoms with Gasteiger partial charge in [0.2, 0.25) is 0 Å². The SMILES string of the molecule is [C-]#[N+]c1ccc(-c2ccc3c4ccccc4n(-c4cccc5c4C(=O)N(c4ccc(-c6ccccc6)cc4)C5=O)c3c2)c(C#N)c1.[C-]#[N+]c1ccc(-c2cccc3c4cccc(-c5ccc(C#N)cc5C#N)c4n(-c4cccc5c4C(=O)N(c4ccc(-c6ccccc6)cc4)C5=O)c23)c([N+]#[C-])c1.[C-]#[N+]c1ccc(-c2cccc3c4ccccc4n(-c4cccc5c4C(=O)N(c4ccc(-c6ccccc6)cc4)C5=O)c23)c([N+]#[C-])c1. The van der Waals surface area contributed by atoms with Crippen LogP contribution in [0.4, 0.5) is 45.5 Å². The van der Waals surface area contributed by atoms with Crippen molar-refractivity contribution in [1.82, 2.24) is 13.7 Å². The van der Waals surface area contributed by atoms with Crippen LogP contribution in [0.1, 0.15) is 78.8 Å². The molecule has 25 rings (SSSR count). The number of fused-ring (bicyclic) bond motifs is 12. The minimum Gasteiger partial charge on any atom is -0.308 e. The van der Waals surface area contributed by atoms with Crippen molar-refractivity contribution < 1.29 is 28.8 Å². The molecule has 0 saturated carbocycles. The summed E-state index contributed by atoms with van der Waals surface area (Å²) in [5, 5.41) is 35.3. The van der Waals surface area contributed by atoms with Crippen LogP contribution in [-0.4, -0.2) is 49.1 Å². The third-order valence-corrected chi connectivity index (χ3v) is 27.4. The zero-order valence-corrected chi connectivity index (χ0v) is 78.0. The Morgan fingerprint density at radius 1 is 0.209 bits per heavy atom. The third-order valence-electron chi connectivity index (χ3n) is 27.4. The Balaban J connectivity index is 0.000000123. The number of para-hydroxylation sites is 5. The Labute approximate surface area is 846 Å². The van der Waals surface area contributed by atoms with Gasteiger partial charge in [-0.05, 0) is 176 Å². The number of rotatable bonds is 13. The highest BCUT2D eigenvalue weighted by molar-refractivity contribution is 6.38. The van der Waals surface area contributed by atoms with E-state index in [4.69, 9.17) is 32.9 Å². The molecule has 3 aliphatic rings. The van der Waals surface area contributed by atoms with Gasteiger partial charge in [0.15, 0.2) is 28.4 Å². The summed E-state index contributed by atoms with van der Waals surface area (Å²) in [4.78, 5) is 107. The molecule has 686 valence electrons. The van der Waals surface area contributed by atoms with Crippen molar-refractivity contribution in [2.75, 3.05) is 14.7 Å². The molecule has 3 aromatic heterocycles. The molecule has 3 aliphatic heterocycles. The maximum atomic E-state index is 14.8. The number of carbonyl (C=O) groups is 6. The second-order valence-electron chi connectivity index (χ2n) is 35.3. The average Bonchev–Trinajstić information content (AvgIpc) is 1.56. The van der Waals surface area contributed by atoms with Gasteiger partial charge < -0.3 is 13.7 Å². The van der Waals surface area contributed by atoms with E-state index in [2.05, 4.69) is 42.4 Å². The summed E-state index contributed by atoms with van der Waals surface area (Å²) in [6.45, 7) is 38.3. The third kappa shape index (κ3) is 14.9. The quantitative estimate of drug-likeness (QED) is 0.0790. The standard InChI is InChI=1S/C48H24N6O2.2C40H22N4O2/c1-51-33-20-24-36(42(26-33)52-2)38-12-7-14-40-39-13-6-11-37(35-23-17-29(27-49)25-32(35)28-50)45(39)54(46(38)40)43-16-8-15-41-44(43)48(56)53(47(41)55)34-21-18-31(19-22-34)30-9-4-3-5-10-30;1-41-27-20-23-29(34(24-27)42-2)31-13-8-14-32-30-12-6-7-16-35(30)44(38(31)32)36-17-9-15-33-37(36)40(46)43(39(33)45)28-21-18-26(19-22-28)25-10-4-3-5-11-25;1-42-29-17-21-31(28(22-29)24-41)27-16-20-33-32-10-5-6-12-35(32)44(37(33)23-27)36-13-7-11-34-38(36)40(46)43(39(34)45)30-18-14-26(15-19-30)25-8-3-2-4-9-25/h3-26H;3-24H;2-23H. The van der Waals surface area contributed by atoms with E-state index < -0.39 is 17.7 Å². The van der Waals surface area contributed by atoms with Crippen LogP contribution in [0.2, 0.25) is 0 Å². The Hall–Kier alpha value is -22.1. The van der Waals surface area contributed by atoms with E-state index in [-0.39, 0.29) is 34.5 Å². The average molecular weight is 1900 g/mol. The fraction of sp³-hybridized carbons (Fsp3) is 0. The maximum Gasteiger partial charge on any atom is 0.268 e. The molecule has 6 heterocycles. The maximum absolute atomic E-state index is 14.8. The number of anilines is 3. The molecule has 0 N–H and O–H groups in total. The lowest BCUT2D eigenvalue weighted by Gasteiger charge is -2.17. The lowest BCUT2D eigenvalue weighted by molar-refractivity contribution is 0.0910. The van der Waals surface area contributed by atoms with E-state index in [1.165, 1.54) is 14.7 Å². The molecule has 6 amide bonds. The molecule has 0 radical (unpaired) electrons.